The van der Waals surface area contributed by atoms with Gasteiger partial charge >= 0.3 is 6.41 Å². The number of hydrogen-bond acceptors (Lipinski definition) is 2. The highest BCUT2D eigenvalue weighted by Crippen LogP contribution is 2.35. The fourth-order valence-electron chi connectivity index (χ4n) is 3.99. The normalized spacial score (nSPS) is 14.6. The summed E-state index contributed by atoms with van der Waals surface area (Å²) in [7, 11) is 0. The van der Waals surface area contributed by atoms with Gasteiger partial charge in [0.15, 0.2) is 11.0 Å². The molecule has 1 aromatic heterocycles. The maximum absolute atomic E-state index is 6.32. The molecule has 0 radical (unpaired) electrons. The molecule has 0 fully saturated rings. The van der Waals surface area contributed by atoms with Crippen LogP contribution in [0.3, 0.4) is 0 Å². The van der Waals surface area contributed by atoms with Crippen LogP contribution in [0.1, 0.15) is 6.41 Å². The maximum atomic E-state index is 6.32. The minimum absolute atomic E-state index is 0.603. The monoisotopic (exact) mass is 391 g/mol. The van der Waals surface area contributed by atoms with E-state index in [0.29, 0.717) is 0 Å². The van der Waals surface area contributed by atoms with Crippen molar-refractivity contribution in [3.8, 4) is 34.0 Å². The minimum atomic E-state index is -0.603. The highest BCUT2D eigenvalue weighted by Gasteiger charge is 2.36. The predicted molar refractivity (Wildman–Crippen MR) is 116 cm³/mol. The summed E-state index contributed by atoms with van der Waals surface area (Å²) in [6.45, 7) is 0. The number of aromatic amines is 1. The third kappa shape index (κ3) is 2.73. The van der Waals surface area contributed by atoms with Gasteiger partial charge in [0.05, 0.1) is 0 Å². The van der Waals surface area contributed by atoms with Crippen LogP contribution in [0.2, 0.25) is 0 Å². The smallest absolute Gasteiger partial charge is 0.404 e. The van der Waals surface area contributed by atoms with Crippen molar-refractivity contribution >= 4 is 11.0 Å². The zero-order valence-corrected chi connectivity index (χ0v) is 16.2. The van der Waals surface area contributed by atoms with Gasteiger partial charge in [-0.15, -0.1) is 4.57 Å². The molecule has 30 heavy (non-hydrogen) atoms. The molecular weight excluding hydrogens is 372 g/mol. The molecule has 6 rings (SSSR count). The molecular formula is C26H19N2O2+. The van der Waals surface area contributed by atoms with Crippen molar-refractivity contribution in [2.75, 3.05) is 0 Å². The van der Waals surface area contributed by atoms with E-state index in [9.17, 15) is 0 Å². The first-order valence-corrected chi connectivity index (χ1v) is 9.97. The lowest BCUT2D eigenvalue weighted by Gasteiger charge is -2.23. The number of rotatable bonds is 3. The van der Waals surface area contributed by atoms with Gasteiger partial charge in [0.2, 0.25) is 0 Å². The van der Waals surface area contributed by atoms with Gasteiger partial charge in [-0.25, -0.2) is 4.98 Å². The summed E-state index contributed by atoms with van der Waals surface area (Å²) in [6.07, 6.45) is -0.603. The molecule has 0 saturated carbocycles. The van der Waals surface area contributed by atoms with Crippen LogP contribution >= 0.6 is 0 Å². The molecule has 1 aliphatic rings. The van der Waals surface area contributed by atoms with Gasteiger partial charge in [0.25, 0.3) is 5.82 Å². The molecule has 0 saturated heterocycles. The quantitative estimate of drug-likeness (QED) is 0.400. The lowest BCUT2D eigenvalue weighted by Crippen LogP contribution is -2.49. The van der Waals surface area contributed by atoms with Crippen LogP contribution in [0.15, 0.2) is 103 Å². The van der Waals surface area contributed by atoms with Crippen molar-refractivity contribution in [3.63, 3.8) is 0 Å². The van der Waals surface area contributed by atoms with E-state index < -0.39 is 6.41 Å². The number of nitrogens with zero attached hydrogens (tertiary/aromatic N) is 1. The van der Waals surface area contributed by atoms with E-state index in [2.05, 4.69) is 52.0 Å². The summed E-state index contributed by atoms with van der Waals surface area (Å²) in [5.41, 5.74) is 5.43. The lowest BCUT2D eigenvalue weighted by molar-refractivity contribution is -0.759. The summed E-state index contributed by atoms with van der Waals surface area (Å²) < 4.78 is 14.7. The Morgan fingerprint density at radius 2 is 1.40 bits per heavy atom. The molecule has 1 N–H and O–H groups in total. The number of para-hydroxylation sites is 3. The average Bonchev–Trinajstić information content (AvgIpc) is 3.21. The van der Waals surface area contributed by atoms with Crippen LogP contribution in [0, 0.1) is 0 Å². The summed E-state index contributed by atoms with van der Waals surface area (Å²) in [4.78, 5) is 3.52. The van der Waals surface area contributed by atoms with Crippen LogP contribution in [0.5, 0.6) is 11.5 Å². The largest absolute Gasteiger partial charge is 0.420 e. The van der Waals surface area contributed by atoms with Crippen LogP contribution in [-0.4, -0.2) is 4.98 Å². The molecule has 1 atom stereocenters. The highest BCUT2D eigenvalue weighted by atomic mass is 16.7. The Hall–Kier alpha value is -4.05. The summed E-state index contributed by atoms with van der Waals surface area (Å²) in [5, 5.41) is 0. The van der Waals surface area contributed by atoms with Crippen molar-refractivity contribution in [1.29, 1.82) is 0 Å². The molecule has 0 bridgehead atoms. The van der Waals surface area contributed by atoms with E-state index in [1.165, 1.54) is 5.56 Å². The number of imidazole rings is 1. The number of H-pyrrole nitrogens is 1. The molecule has 0 spiro atoms. The van der Waals surface area contributed by atoms with Crippen LogP contribution in [0.4, 0.5) is 0 Å². The van der Waals surface area contributed by atoms with E-state index in [4.69, 9.17) is 9.47 Å². The first-order chi connectivity index (χ1) is 14.9. The van der Waals surface area contributed by atoms with E-state index in [0.717, 1.165) is 39.5 Å². The topological polar surface area (TPSA) is 38.1 Å². The van der Waals surface area contributed by atoms with Gasteiger partial charge in [-0.2, -0.15) is 0 Å². The number of ether oxygens (including phenoxy) is 2. The van der Waals surface area contributed by atoms with Gasteiger partial charge in [0, 0.05) is 0 Å². The third-order valence-electron chi connectivity index (χ3n) is 5.44. The maximum Gasteiger partial charge on any atom is 0.404 e. The van der Waals surface area contributed by atoms with Crippen LogP contribution in [-0.2, 0) is 0 Å². The number of fused-ring (bicyclic) bond motifs is 5. The number of hydrogen-bond donors (Lipinski definition) is 1. The molecule has 144 valence electrons. The Labute approximate surface area is 174 Å². The molecule has 4 aromatic carbocycles. The molecule has 4 heteroatoms. The highest BCUT2D eigenvalue weighted by molar-refractivity contribution is 5.76. The van der Waals surface area contributed by atoms with Gasteiger partial charge < -0.3 is 9.47 Å². The Balaban J connectivity index is 1.39. The van der Waals surface area contributed by atoms with Gasteiger partial charge in [-0.3, -0.25) is 0 Å². The summed E-state index contributed by atoms with van der Waals surface area (Å²) >= 11 is 0. The van der Waals surface area contributed by atoms with Crippen molar-refractivity contribution < 1.29 is 14.0 Å². The van der Waals surface area contributed by atoms with Gasteiger partial charge in [0.1, 0.15) is 17.1 Å². The zero-order valence-electron chi connectivity index (χ0n) is 16.2. The second-order valence-corrected chi connectivity index (χ2v) is 7.29. The Kier molecular flexibility index (Phi) is 3.81. The van der Waals surface area contributed by atoms with Gasteiger partial charge in [-0.1, -0.05) is 66.7 Å². The van der Waals surface area contributed by atoms with Crippen molar-refractivity contribution in [1.82, 2.24) is 4.98 Å². The van der Waals surface area contributed by atoms with Crippen LogP contribution in [0.25, 0.3) is 33.5 Å². The van der Waals surface area contributed by atoms with Crippen LogP contribution < -0.4 is 14.0 Å². The molecule has 0 aliphatic carbocycles. The zero-order chi connectivity index (χ0) is 19.9. The molecule has 4 nitrogen and oxygen atoms in total. The lowest BCUT2D eigenvalue weighted by atomic mass is 10.1. The SMILES string of the molecule is c1ccc(-c2ccc(OC3Oc4ccccc4-c4[nH]c5ccccc5[n+]43)cc2)cc1. The summed E-state index contributed by atoms with van der Waals surface area (Å²) in [5.74, 6) is 2.53. The van der Waals surface area contributed by atoms with Crippen molar-refractivity contribution in [3.05, 3.63) is 103 Å². The first-order valence-electron chi connectivity index (χ1n) is 9.97. The van der Waals surface area contributed by atoms with Crippen molar-refractivity contribution in [2.24, 2.45) is 0 Å². The average molecular weight is 391 g/mol. The van der Waals surface area contributed by atoms with E-state index >= 15 is 0 Å². The second-order valence-electron chi connectivity index (χ2n) is 7.29. The first kappa shape index (κ1) is 16.9. The standard InChI is InChI=1S/C26H18N2O2/c1-2-8-18(9-3-1)19-14-16-20(17-15-19)29-26-28-23-12-6-5-11-22(23)27-25(28)21-10-4-7-13-24(21)30-26/h1-17,26H/p+1. The Bertz CT molecular complexity index is 1340. The van der Waals surface area contributed by atoms with E-state index in [1.54, 1.807) is 0 Å². The number of nitrogens with one attached hydrogen (secondary N) is 1. The molecule has 2 heterocycles. The summed E-state index contributed by atoms with van der Waals surface area (Å²) in [6, 6.07) is 34.6. The second kappa shape index (κ2) is 6.78. The Morgan fingerprint density at radius 1 is 0.700 bits per heavy atom. The van der Waals surface area contributed by atoms with E-state index in [1.807, 2.05) is 60.7 Å². The van der Waals surface area contributed by atoms with Gasteiger partial charge in [-0.05, 0) is 47.5 Å². The predicted octanol–water partition coefficient (Wildman–Crippen LogP) is 5.72. The minimum Gasteiger partial charge on any atom is -0.420 e. The third-order valence-corrected chi connectivity index (χ3v) is 5.44. The molecule has 5 aromatic rings. The molecule has 1 unspecified atom stereocenters. The van der Waals surface area contributed by atoms with Crippen molar-refractivity contribution in [2.45, 2.75) is 6.41 Å². The molecule has 1 aliphatic heterocycles. The fraction of sp³-hybridized carbons (Fsp3) is 0.0385. The number of benzene rings is 4. The molecule has 0 amide bonds. The van der Waals surface area contributed by atoms with E-state index in [-0.39, 0.29) is 0 Å². The number of aromatic nitrogens is 2. The fourth-order valence-corrected chi connectivity index (χ4v) is 3.99. The Morgan fingerprint density at radius 3 is 2.27 bits per heavy atom.